The second kappa shape index (κ2) is 3.98. The summed E-state index contributed by atoms with van der Waals surface area (Å²) in [6, 6.07) is 7.28. The lowest BCUT2D eigenvalue weighted by Gasteiger charge is -1.94. The molecule has 1 heterocycles. The number of H-pyrrole nitrogens is 1. The molecule has 5 heteroatoms. The average molecular weight is 238 g/mol. The number of carboxylic acids is 1. The molecule has 1 aromatic carbocycles. The second-order valence-electron chi connectivity index (χ2n) is 3.37. The molecular formula is C11H8ClNO3. The fourth-order valence-corrected chi connectivity index (χ4v) is 1.80. The van der Waals surface area contributed by atoms with E-state index in [1.54, 1.807) is 0 Å². The number of carboxylic acid groups (broad SMARTS) is 1. The standard InChI is InChI=1S/C11H8ClNO3/c12-10-6-3-1-2-4-7(6)13-8(10)5-9(14)11(15)16/h1-4,13H,5H2,(H,15,16). The van der Waals surface area contributed by atoms with Crippen LogP contribution in [0.4, 0.5) is 0 Å². The van der Waals surface area contributed by atoms with Crippen LogP contribution in [-0.2, 0) is 16.0 Å². The Hall–Kier alpha value is -1.81. The van der Waals surface area contributed by atoms with Crippen molar-refractivity contribution >= 4 is 34.3 Å². The number of nitrogens with one attached hydrogen (secondary N) is 1. The van der Waals surface area contributed by atoms with Crippen molar-refractivity contribution in [3.8, 4) is 0 Å². The first kappa shape index (κ1) is 10.7. The van der Waals surface area contributed by atoms with E-state index in [1.807, 2.05) is 24.3 Å². The quantitative estimate of drug-likeness (QED) is 0.803. The minimum absolute atomic E-state index is 0.219. The van der Waals surface area contributed by atoms with Crippen LogP contribution in [0.1, 0.15) is 5.69 Å². The molecule has 2 rings (SSSR count). The number of halogens is 1. The molecule has 0 atom stereocenters. The fraction of sp³-hybridized carbons (Fsp3) is 0.0909. The number of aromatic amines is 1. The molecular weight excluding hydrogens is 230 g/mol. The van der Waals surface area contributed by atoms with Crippen LogP contribution in [0.5, 0.6) is 0 Å². The zero-order valence-electron chi connectivity index (χ0n) is 8.16. The highest BCUT2D eigenvalue weighted by atomic mass is 35.5. The summed E-state index contributed by atoms with van der Waals surface area (Å²) in [4.78, 5) is 24.4. The van der Waals surface area contributed by atoms with Gasteiger partial charge in [0, 0.05) is 16.6 Å². The fourth-order valence-electron chi connectivity index (χ4n) is 1.52. The average Bonchev–Trinajstić information content (AvgIpc) is 2.56. The lowest BCUT2D eigenvalue weighted by molar-refractivity contribution is -0.148. The third-order valence-corrected chi connectivity index (χ3v) is 2.72. The molecule has 0 aliphatic heterocycles. The largest absolute Gasteiger partial charge is 0.475 e. The van der Waals surface area contributed by atoms with E-state index in [9.17, 15) is 9.59 Å². The molecule has 0 spiro atoms. The molecule has 0 aliphatic carbocycles. The molecule has 0 amide bonds. The van der Waals surface area contributed by atoms with E-state index in [1.165, 1.54) is 0 Å². The van der Waals surface area contributed by atoms with E-state index in [-0.39, 0.29) is 6.42 Å². The number of carbonyl (C=O) groups excluding carboxylic acids is 1. The molecule has 0 saturated carbocycles. The van der Waals surface area contributed by atoms with Gasteiger partial charge in [-0.05, 0) is 6.07 Å². The molecule has 0 unspecified atom stereocenters. The number of hydrogen-bond acceptors (Lipinski definition) is 2. The maximum Gasteiger partial charge on any atom is 0.372 e. The Balaban J connectivity index is 2.42. The van der Waals surface area contributed by atoms with E-state index in [2.05, 4.69) is 4.98 Å². The summed E-state index contributed by atoms with van der Waals surface area (Å²) in [7, 11) is 0. The van der Waals surface area contributed by atoms with Crippen LogP contribution in [0.3, 0.4) is 0 Å². The highest BCUT2D eigenvalue weighted by Gasteiger charge is 2.17. The SMILES string of the molecule is O=C(O)C(=O)Cc1[nH]c2ccccc2c1Cl. The minimum Gasteiger partial charge on any atom is -0.475 e. The van der Waals surface area contributed by atoms with Crippen LogP contribution in [0.25, 0.3) is 10.9 Å². The van der Waals surface area contributed by atoms with Crippen molar-refractivity contribution in [2.24, 2.45) is 0 Å². The number of benzene rings is 1. The number of aliphatic carboxylic acids is 1. The molecule has 0 fully saturated rings. The Bertz CT molecular complexity index is 574. The molecule has 0 saturated heterocycles. The topological polar surface area (TPSA) is 70.2 Å². The minimum atomic E-state index is -1.45. The van der Waals surface area contributed by atoms with Crippen LogP contribution in [0, 0.1) is 0 Å². The Labute approximate surface area is 95.8 Å². The summed E-state index contributed by atoms with van der Waals surface area (Å²) in [5.74, 6) is -2.33. The normalized spacial score (nSPS) is 10.6. The number of aromatic nitrogens is 1. The highest BCUT2D eigenvalue weighted by Crippen LogP contribution is 2.27. The summed E-state index contributed by atoms with van der Waals surface area (Å²) in [6.45, 7) is 0. The second-order valence-corrected chi connectivity index (χ2v) is 3.75. The number of rotatable bonds is 3. The van der Waals surface area contributed by atoms with Gasteiger partial charge in [-0.3, -0.25) is 4.79 Å². The Morgan fingerprint density at radius 3 is 2.62 bits per heavy atom. The predicted molar refractivity (Wildman–Crippen MR) is 59.7 cm³/mol. The van der Waals surface area contributed by atoms with Crippen LogP contribution in [0.15, 0.2) is 24.3 Å². The number of fused-ring (bicyclic) bond motifs is 1. The van der Waals surface area contributed by atoms with E-state index in [0.29, 0.717) is 10.7 Å². The smallest absolute Gasteiger partial charge is 0.372 e. The van der Waals surface area contributed by atoms with Gasteiger partial charge in [0.1, 0.15) is 0 Å². The summed E-state index contributed by atoms with van der Waals surface area (Å²) in [5.41, 5.74) is 1.23. The zero-order valence-corrected chi connectivity index (χ0v) is 8.91. The molecule has 0 bridgehead atoms. The lowest BCUT2D eigenvalue weighted by atomic mass is 10.2. The van der Waals surface area contributed by atoms with Gasteiger partial charge in [0.25, 0.3) is 0 Å². The van der Waals surface area contributed by atoms with Gasteiger partial charge >= 0.3 is 5.97 Å². The number of para-hydroxylation sites is 1. The van der Waals surface area contributed by atoms with Gasteiger partial charge in [0.2, 0.25) is 5.78 Å². The van der Waals surface area contributed by atoms with Crippen molar-refractivity contribution in [1.29, 1.82) is 0 Å². The third-order valence-electron chi connectivity index (χ3n) is 2.29. The summed E-state index contributed by atoms with van der Waals surface area (Å²) in [6.07, 6.45) is -0.219. The molecule has 0 radical (unpaired) electrons. The van der Waals surface area contributed by atoms with E-state index in [0.717, 1.165) is 10.9 Å². The van der Waals surface area contributed by atoms with Gasteiger partial charge in [-0.2, -0.15) is 0 Å². The van der Waals surface area contributed by atoms with Gasteiger partial charge in [-0.1, -0.05) is 29.8 Å². The van der Waals surface area contributed by atoms with Crippen LogP contribution < -0.4 is 0 Å². The molecule has 16 heavy (non-hydrogen) atoms. The first-order valence-corrected chi connectivity index (χ1v) is 4.98. The molecule has 0 aliphatic rings. The van der Waals surface area contributed by atoms with Crippen molar-refractivity contribution in [2.45, 2.75) is 6.42 Å². The first-order chi connectivity index (χ1) is 7.59. The highest BCUT2D eigenvalue weighted by molar-refractivity contribution is 6.38. The van der Waals surface area contributed by atoms with Gasteiger partial charge in [-0.15, -0.1) is 0 Å². The number of Topliss-reactive ketones (excluding diaryl/α,β-unsaturated/α-hetero) is 1. The molecule has 2 aromatic rings. The van der Waals surface area contributed by atoms with E-state index < -0.39 is 11.8 Å². The van der Waals surface area contributed by atoms with Crippen molar-refractivity contribution in [3.05, 3.63) is 35.0 Å². The van der Waals surface area contributed by atoms with Crippen LogP contribution >= 0.6 is 11.6 Å². The van der Waals surface area contributed by atoms with Crippen LogP contribution in [0.2, 0.25) is 5.02 Å². The van der Waals surface area contributed by atoms with Crippen molar-refractivity contribution in [1.82, 2.24) is 4.98 Å². The summed E-state index contributed by atoms with van der Waals surface area (Å²) >= 11 is 6.03. The van der Waals surface area contributed by atoms with Gasteiger partial charge in [-0.25, -0.2) is 4.79 Å². The lowest BCUT2D eigenvalue weighted by Crippen LogP contribution is -2.15. The van der Waals surface area contributed by atoms with Crippen LogP contribution in [-0.4, -0.2) is 21.8 Å². The van der Waals surface area contributed by atoms with Crippen molar-refractivity contribution < 1.29 is 14.7 Å². The number of hydrogen-bond donors (Lipinski definition) is 2. The Kier molecular flexibility index (Phi) is 2.66. The van der Waals surface area contributed by atoms with Gasteiger partial charge in [0.15, 0.2) is 0 Å². The van der Waals surface area contributed by atoms with E-state index >= 15 is 0 Å². The number of carbonyl (C=O) groups is 2. The Morgan fingerprint density at radius 2 is 2.00 bits per heavy atom. The molecule has 82 valence electrons. The number of ketones is 1. The third kappa shape index (κ3) is 1.79. The van der Waals surface area contributed by atoms with Crippen molar-refractivity contribution in [2.75, 3.05) is 0 Å². The molecule has 1 aromatic heterocycles. The van der Waals surface area contributed by atoms with Crippen molar-refractivity contribution in [3.63, 3.8) is 0 Å². The zero-order chi connectivity index (χ0) is 11.7. The van der Waals surface area contributed by atoms with Gasteiger partial charge in [0.05, 0.1) is 11.4 Å². The molecule has 2 N–H and O–H groups in total. The first-order valence-electron chi connectivity index (χ1n) is 4.61. The maximum absolute atomic E-state index is 11.1. The summed E-state index contributed by atoms with van der Waals surface area (Å²) in [5, 5.41) is 9.70. The molecule has 4 nitrogen and oxygen atoms in total. The van der Waals surface area contributed by atoms with Gasteiger partial charge < -0.3 is 10.1 Å². The maximum atomic E-state index is 11.1. The predicted octanol–water partition coefficient (Wildman–Crippen LogP) is 2.02. The van der Waals surface area contributed by atoms with E-state index in [4.69, 9.17) is 16.7 Å². The summed E-state index contributed by atoms with van der Waals surface area (Å²) < 4.78 is 0. The monoisotopic (exact) mass is 237 g/mol. The Morgan fingerprint density at radius 1 is 1.31 bits per heavy atom.